The first-order valence-electron chi connectivity index (χ1n) is 12.9. The molecule has 3 aromatic rings. The van der Waals surface area contributed by atoms with Gasteiger partial charge in [0.05, 0.1) is 20.6 Å². The lowest BCUT2D eigenvalue weighted by atomic mass is 10.1. The molecule has 12 heteroatoms. The molecule has 0 aliphatic heterocycles. The lowest BCUT2D eigenvalue weighted by Gasteiger charge is -2.33. The van der Waals surface area contributed by atoms with Crippen molar-refractivity contribution in [1.82, 2.24) is 10.2 Å². The van der Waals surface area contributed by atoms with E-state index in [9.17, 15) is 18.0 Å². The van der Waals surface area contributed by atoms with Gasteiger partial charge in [-0.25, -0.2) is 8.42 Å². The number of sulfonamides is 1. The van der Waals surface area contributed by atoms with Crippen LogP contribution < -0.4 is 9.62 Å². The average molecular weight is 659 g/mol. The molecular formula is C29H31Cl4N3O4S. The number of carbonyl (C=O) groups excluding carboxylic acids is 2. The highest BCUT2D eigenvalue weighted by Crippen LogP contribution is 2.32. The van der Waals surface area contributed by atoms with E-state index in [1.165, 1.54) is 35.2 Å². The molecule has 0 heterocycles. The lowest BCUT2D eigenvalue weighted by Crippen LogP contribution is -2.52. The Morgan fingerprint density at radius 2 is 1.51 bits per heavy atom. The molecular weight excluding hydrogens is 628 g/mol. The minimum atomic E-state index is -4.25. The zero-order chi connectivity index (χ0) is 30.3. The van der Waals surface area contributed by atoms with E-state index in [0.717, 1.165) is 9.87 Å². The molecule has 220 valence electrons. The molecule has 0 fully saturated rings. The summed E-state index contributed by atoms with van der Waals surface area (Å²) in [6.45, 7) is 5.19. The number of hydrogen-bond acceptors (Lipinski definition) is 4. The summed E-state index contributed by atoms with van der Waals surface area (Å²) in [4.78, 5) is 28.6. The minimum absolute atomic E-state index is 0.0181. The van der Waals surface area contributed by atoms with Crippen LogP contribution in [0.5, 0.6) is 0 Å². The number of aryl methyl sites for hydroxylation is 1. The molecule has 0 aliphatic carbocycles. The molecule has 2 amide bonds. The number of anilines is 1. The third-order valence-corrected chi connectivity index (χ3v) is 9.64. The Balaban J connectivity index is 2.11. The third kappa shape index (κ3) is 8.08. The van der Waals surface area contributed by atoms with Crippen LogP contribution in [0.25, 0.3) is 0 Å². The SMILES string of the molecule is CCCNC(=O)[C@@H](CC)N(Cc1c(Cl)cccc1Cl)C(=O)CN(c1ccc(Cl)c(Cl)c1)S(=O)(=O)c1ccc(C)cc1. The molecule has 0 saturated carbocycles. The van der Waals surface area contributed by atoms with Gasteiger partial charge < -0.3 is 10.2 Å². The zero-order valence-electron chi connectivity index (χ0n) is 22.8. The number of amides is 2. The van der Waals surface area contributed by atoms with Crippen LogP contribution in [0.1, 0.15) is 37.8 Å². The van der Waals surface area contributed by atoms with E-state index in [1.807, 2.05) is 13.8 Å². The van der Waals surface area contributed by atoms with Crippen molar-refractivity contribution in [3.8, 4) is 0 Å². The van der Waals surface area contributed by atoms with E-state index >= 15 is 0 Å². The standard InChI is InChI=1S/C29H31Cl4N3O4S/c1-4-15-34-29(38)27(5-2)35(17-22-23(30)7-6-8-24(22)31)28(37)18-36(20-11-14-25(32)26(33)16-20)41(39,40)21-12-9-19(3)10-13-21/h6-14,16,27H,4-5,15,17-18H2,1-3H3,(H,34,38)/t27-/m1/s1. The maximum Gasteiger partial charge on any atom is 0.264 e. The summed E-state index contributed by atoms with van der Waals surface area (Å²) in [5, 5.41) is 3.80. The number of rotatable bonds is 12. The van der Waals surface area contributed by atoms with Crippen molar-refractivity contribution < 1.29 is 18.0 Å². The molecule has 3 aromatic carbocycles. The molecule has 0 aliphatic rings. The Morgan fingerprint density at radius 3 is 2.07 bits per heavy atom. The van der Waals surface area contributed by atoms with Gasteiger partial charge in [0.25, 0.3) is 10.0 Å². The Hall–Kier alpha value is -2.49. The number of halogens is 4. The summed E-state index contributed by atoms with van der Waals surface area (Å²) >= 11 is 25.2. The van der Waals surface area contributed by atoms with Crippen LogP contribution >= 0.6 is 46.4 Å². The van der Waals surface area contributed by atoms with Crippen LogP contribution in [0.15, 0.2) is 65.6 Å². The van der Waals surface area contributed by atoms with Crippen molar-refractivity contribution >= 4 is 73.9 Å². The van der Waals surface area contributed by atoms with Crippen LogP contribution in [0.3, 0.4) is 0 Å². The molecule has 7 nitrogen and oxygen atoms in total. The number of benzene rings is 3. The largest absolute Gasteiger partial charge is 0.354 e. The molecule has 0 unspecified atom stereocenters. The number of nitrogens with one attached hydrogen (secondary N) is 1. The van der Waals surface area contributed by atoms with Crippen LogP contribution in [-0.4, -0.2) is 44.3 Å². The summed E-state index contributed by atoms with van der Waals surface area (Å²) in [5.41, 5.74) is 1.44. The quantitative estimate of drug-likeness (QED) is 0.224. The zero-order valence-corrected chi connectivity index (χ0v) is 26.7. The molecule has 0 spiro atoms. The topological polar surface area (TPSA) is 86.8 Å². The summed E-state index contributed by atoms with van der Waals surface area (Å²) in [6, 6.07) is 14.6. The highest BCUT2D eigenvalue weighted by molar-refractivity contribution is 7.92. The molecule has 0 saturated heterocycles. The molecule has 0 radical (unpaired) electrons. The van der Waals surface area contributed by atoms with Gasteiger partial charge in [-0.3, -0.25) is 13.9 Å². The fraction of sp³-hybridized carbons (Fsp3) is 0.310. The Labute approximate surface area is 261 Å². The van der Waals surface area contributed by atoms with Gasteiger partial charge in [-0.1, -0.05) is 84.0 Å². The summed E-state index contributed by atoms with van der Waals surface area (Å²) in [5.74, 6) is -1.01. The van der Waals surface area contributed by atoms with Gasteiger partial charge in [-0.05, 0) is 62.2 Å². The Bertz CT molecular complexity index is 1480. The summed E-state index contributed by atoms with van der Waals surface area (Å²) in [7, 11) is -4.25. The van der Waals surface area contributed by atoms with Gasteiger partial charge in [0.1, 0.15) is 12.6 Å². The second-order valence-corrected chi connectivity index (χ2v) is 12.9. The Kier molecular flexibility index (Phi) is 11.8. The van der Waals surface area contributed by atoms with E-state index in [2.05, 4.69) is 5.32 Å². The minimum Gasteiger partial charge on any atom is -0.354 e. The van der Waals surface area contributed by atoms with E-state index in [0.29, 0.717) is 28.6 Å². The first-order chi connectivity index (χ1) is 19.4. The van der Waals surface area contributed by atoms with E-state index in [4.69, 9.17) is 46.4 Å². The molecule has 0 bridgehead atoms. The highest BCUT2D eigenvalue weighted by Gasteiger charge is 2.34. The highest BCUT2D eigenvalue weighted by atomic mass is 35.5. The van der Waals surface area contributed by atoms with Crippen molar-refractivity contribution in [1.29, 1.82) is 0 Å². The van der Waals surface area contributed by atoms with E-state index in [1.54, 1.807) is 37.3 Å². The van der Waals surface area contributed by atoms with Crippen molar-refractivity contribution in [2.24, 2.45) is 0 Å². The van der Waals surface area contributed by atoms with Crippen molar-refractivity contribution in [3.05, 3.63) is 91.9 Å². The average Bonchev–Trinajstić information content (AvgIpc) is 2.93. The van der Waals surface area contributed by atoms with Crippen molar-refractivity contribution in [2.45, 2.75) is 51.1 Å². The number of hydrogen-bond donors (Lipinski definition) is 1. The molecule has 41 heavy (non-hydrogen) atoms. The third-order valence-electron chi connectivity index (χ3n) is 6.40. The van der Waals surface area contributed by atoms with Gasteiger partial charge in [0, 0.05) is 28.7 Å². The van der Waals surface area contributed by atoms with Crippen LogP contribution in [0, 0.1) is 6.92 Å². The molecule has 1 atom stereocenters. The summed E-state index contributed by atoms with van der Waals surface area (Å²) < 4.78 is 28.8. The second kappa shape index (κ2) is 14.6. The predicted octanol–water partition coefficient (Wildman–Crippen LogP) is 7.14. The fourth-order valence-corrected chi connectivity index (χ4v) is 6.36. The van der Waals surface area contributed by atoms with Gasteiger partial charge in [0.2, 0.25) is 11.8 Å². The van der Waals surface area contributed by atoms with Gasteiger partial charge >= 0.3 is 0 Å². The van der Waals surface area contributed by atoms with Gasteiger partial charge in [0.15, 0.2) is 0 Å². The van der Waals surface area contributed by atoms with E-state index < -0.39 is 28.5 Å². The molecule has 3 rings (SSSR count). The predicted molar refractivity (Wildman–Crippen MR) is 167 cm³/mol. The smallest absolute Gasteiger partial charge is 0.264 e. The maximum absolute atomic E-state index is 14.1. The van der Waals surface area contributed by atoms with Crippen LogP contribution in [-0.2, 0) is 26.2 Å². The lowest BCUT2D eigenvalue weighted by molar-refractivity contribution is -0.140. The van der Waals surface area contributed by atoms with Gasteiger partial charge in [-0.15, -0.1) is 0 Å². The van der Waals surface area contributed by atoms with Crippen molar-refractivity contribution in [3.63, 3.8) is 0 Å². The van der Waals surface area contributed by atoms with Gasteiger partial charge in [-0.2, -0.15) is 0 Å². The molecule has 1 N–H and O–H groups in total. The van der Waals surface area contributed by atoms with E-state index in [-0.39, 0.29) is 39.5 Å². The molecule has 0 aromatic heterocycles. The number of nitrogens with zero attached hydrogens (tertiary/aromatic N) is 2. The van der Waals surface area contributed by atoms with Crippen molar-refractivity contribution in [2.75, 3.05) is 17.4 Å². The fourth-order valence-electron chi connectivity index (χ4n) is 4.15. The monoisotopic (exact) mass is 657 g/mol. The number of carbonyl (C=O) groups is 2. The Morgan fingerprint density at radius 1 is 0.878 bits per heavy atom. The first kappa shape index (κ1) is 33.0. The normalized spacial score (nSPS) is 12.1. The first-order valence-corrected chi connectivity index (χ1v) is 15.9. The van der Waals surface area contributed by atoms with Crippen LogP contribution in [0.4, 0.5) is 5.69 Å². The second-order valence-electron chi connectivity index (χ2n) is 9.36. The maximum atomic E-state index is 14.1. The van der Waals surface area contributed by atoms with Crippen LogP contribution in [0.2, 0.25) is 20.1 Å². The summed E-state index contributed by atoms with van der Waals surface area (Å²) in [6.07, 6.45) is 0.965.